The number of ketones is 1. The van der Waals surface area contributed by atoms with Crippen LogP contribution >= 0.6 is 0 Å². The van der Waals surface area contributed by atoms with Gasteiger partial charge in [-0.05, 0) is 37.1 Å². The molecule has 0 N–H and O–H groups in total. The topological polar surface area (TPSA) is 80.8 Å². The maximum Gasteiger partial charge on any atom is 0.339 e. The number of benzene rings is 3. The van der Waals surface area contributed by atoms with Crippen molar-refractivity contribution in [2.24, 2.45) is 0 Å². The van der Waals surface area contributed by atoms with Crippen LogP contribution in [0.15, 0.2) is 89.8 Å². The van der Waals surface area contributed by atoms with Gasteiger partial charge in [-0.25, -0.2) is 13.2 Å². The summed E-state index contributed by atoms with van der Waals surface area (Å²) in [7, 11) is -3.59. The summed E-state index contributed by atoms with van der Waals surface area (Å²) in [6.07, 6.45) is 1.61. The number of rotatable bonds is 7. The molecule has 1 saturated heterocycles. The lowest BCUT2D eigenvalue weighted by atomic mass is 10.00. The van der Waals surface area contributed by atoms with Crippen LogP contribution in [0, 0.1) is 0 Å². The predicted molar refractivity (Wildman–Crippen MR) is 124 cm³/mol. The molecule has 0 saturated carbocycles. The first-order valence-electron chi connectivity index (χ1n) is 10.9. The molecule has 0 aliphatic carbocycles. The van der Waals surface area contributed by atoms with Crippen molar-refractivity contribution in [1.29, 1.82) is 0 Å². The highest BCUT2D eigenvalue weighted by Gasteiger charge is 2.28. The molecule has 1 aliphatic rings. The van der Waals surface area contributed by atoms with E-state index in [1.807, 2.05) is 6.07 Å². The summed E-state index contributed by atoms with van der Waals surface area (Å²) in [6.45, 7) is 1.01. The quantitative estimate of drug-likeness (QED) is 0.377. The van der Waals surface area contributed by atoms with E-state index in [0.717, 1.165) is 19.3 Å². The number of hydrogen-bond acceptors (Lipinski definition) is 5. The Hall–Kier alpha value is -3.29. The van der Waals surface area contributed by atoms with E-state index >= 15 is 0 Å². The molecule has 0 unspecified atom stereocenters. The highest BCUT2D eigenvalue weighted by Crippen LogP contribution is 2.25. The highest BCUT2D eigenvalue weighted by molar-refractivity contribution is 7.89. The maximum absolute atomic E-state index is 13.1. The van der Waals surface area contributed by atoms with Gasteiger partial charge in [0.15, 0.2) is 6.10 Å². The lowest BCUT2D eigenvalue weighted by Crippen LogP contribution is -2.35. The Balaban J connectivity index is 1.55. The van der Waals surface area contributed by atoms with E-state index < -0.39 is 22.1 Å². The zero-order chi connectivity index (χ0) is 23.3. The molecule has 7 heteroatoms. The van der Waals surface area contributed by atoms with Gasteiger partial charge in [0.05, 0.1) is 10.5 Å². The van der Waals surface area contributed by atoms with Crippen molar-refractivity contribution in [3.8, 4) is 0 Å². The van der Waals surface area contributed by atoms with E-state index in [-0.39, 0.29) is 16.2 Å². The fourth-order valence-electron chi connectivity index (χ4n) is 3.85. The van der Waals surface area contributed by atoms with Crippen molar-refractivity contribution in [1.82, 2.24) is 4.31 Å². The van der Waals surface area contributed by atoms with Crippen LogP contribution in [0.4, 0.5) is 0 Å². The van der Waals surface area contributed by atoms with Crippen LogP contribution in [0.1, 0.15) is 51.6 Å². The van der Waals surface area contributed by atoms with Gasteiger partial charge in [-0.3, -0.25) is 4.79 Å². The van der Waals surface area contributed by atoms with Crippen molar-refractivity contribution < 1.29 is 22.7 Å². The van der Waals surface area contributed by atoms with Gasteiger partial charge in [0, 0.05) is 24.2 Å². The minimum absolute atomic E-state index is 0.140. The van der Waals surface area contributed by atoms with Gasteiger partial charge in [-0.15, -0.1) is 0 Å². The average Bonchev–Trinajstić information content (AvgIpc) is 2.88. The second kappa shape index (κ2) is 10.1. The van der Waals surface area contributed by atoms with Crippen LogP contribution in [-0.2, 0) is 14.8 Å². The maximum atomic E-state index is 13.1. The molecule has 0 radical (unpaired) electrons. The van der Waals surface area contributed by atoms with Crippen LogP contribution in [0.5, 0.6) is 0 Å². The van der Waals surface area contributed by atoms with Gasteiger partial charge >= 0.3 is 5.97 Å². The number of nitrogens with zero attached hydrogens (tertiary/aromatic N) is 1. The van der Waals surface area contributed by atoms with Crippen LogP contribution in [0.2, 0.25) is 0 Å². The standard InChI is InChI=1S/C26H25NO5S/c28-24(20-10-4-1-5-11-20)25(21-12-6-2-7-13-21)32-26(29)22-14-16-23(17-15-22)33(30,31)27-18-8-3-9-19-27/h1-2,4-7,10-17,25H,3,8-9,18-19H2/t25-/m0/s1. The first kappa shape index (κ1) is 22.9. The average molecular weight is 464 g/mol. The number of sulfonamides is 1. The van der Waals surface area contributed by atoms with E-state index in [4.69, 9.17) is 4.74 Å². The first-order valence-corrected chi connectivity index (χ1v) is 12.4. The molecule has 0 bridgehead atoms. The van der Waals surface area contributed by atoms with E-state index in [1.54, 1.807) is 54.6 Å². The zero-order valence-corrected chi connectivity index (χ0v) is 18.9. The largest absolute Gasteiger partial charge is 0.445 e. The van der Waals surface area contributed by atoms with Gasteiger partial charge in [0.2, 0.25) is 15.8 Å². The second-order valence-corrected chi connectivity index (χ2v) is 9.85. The Morgan fingerprint density at radius 1 is 0.727 bits per heavy atom. The molecule has 170 valence electrons. The minimum atomic E-state index is -3.59. The van der Waals surface area contributed by atoms with Crippen molar-refractivity contribution in [3.63, 3.8) is 0 Å². The lowest BCUT2D eigenvalue weighted by Gasteiger charge is -2.25. The number of esters is 1. The summed E-state index contributed by atoms with van der Waals surface area (Å²) >= 11 is 0. The summed E-state index contributed by atoms with van der Waals surface area (Å²) < 4.78 is 32.8. The minimum Gasteiger partial charge on any atom is -0.445 e. The van der Waals surface area contributed by atoms with Crippen LogP contribution in [0.25, 0.3) is 0 Å². The molecule has 4 rings (SSSR count). The van der Waals surface area contributed by atoms with Crippen LogP contribution < -0.4 is 0 Å². The van der Waals surface area contributed by atoms with Crippen molar-refractivity contribution in [2.75, 3.05) is 13.1 Å². The fraction of sp³-hybridized carbons (Fsp3) is 0.231. The van der Waals surface area contributed by atoms with Gasteiger partial charge in [-0.2, -0.15) is 4.31 Å². The molecule has 1 atom stereocenters. The number of Topliss-reactive ketones (excluding diaryl/α,β-unsaturated/α-hetero) is 1. The third-order valence-corrected chi connectivity index (χ3v) is 7.58. The number of carbonyl (C=O) groups excluding carboxylic acids is 2. The Bertz CT molecular complexity index is 1200. The fourth-order valence-corrected chi connectivity index (χ4v) is 5.36. The third kappa shape index (κ3) is 5.21. The SMILES string of the molecule is O=C(O[C@H](C(=O)c1ccccc1)c1ccccc1)c1ccc(S(=O)(=O)N2CCCCC2)cc1. The molecule has 6 nitrogen and oxygen atoms in total. The number of carbonyl (C=O) groups is 2. The van der Waals surface area contributed by atoms with Gasteiger partial charge in [-0.1, -0.05) is 67.1 Å². The second-order valence-electron chi connectivity index (χ2n) is 7.92. The number of piperidine rings is 1. The summed E-state index contributed by atoms with van der Waals surface area (Å²) in [5, 5.41) is 0. The van der Waals surface area contributed by atoms with E-state index in [2.05, 4.69) is 0 Å². The van der Waals surface area contributed by atoms with Crippen molar-refractivity contribution in [2.45, 2.75) is 30.3 Å². The molecule has 3 aromatic rings. The molecule has 1 aliphatic heterocycles. The smallest absolute Gasteiger partial charge is 0.339 e. The monoisotopic (exact) mass is 463 g/mol. The van der Waals surface area contributed by atoms with Gasteiger partial charge in [0.25, 0.3) is 0 Å². The molecular weight excluding hydrogens is 438 g/mol. The van der Waals surface area contributed by atoms with Crippen LogP contribution in [-0.4, -0.2) is 37.6 Å². The normalized spacial score (nSPS) is 15.5. The Morgan fingerprint density at radius 3 is 1.91 bits per heavy atom. The number of ether oxygens (including phenoxy) is 1. The first-order chi connectivity index (χ1) is 16.0. The Morgan fingerprint density at radius 2 is 1.30 bits per heavy atom. The molecule has 0 amide bonds. The molecule has 33 heavy (non-hydrogen) atoms. The summed E-state index contributed by atoms with van der Waals surface area (Å²) in [4.78, 5) is 26.1. The Labute approximate surface area is 193 Å². The van der Waals surface area contributed by atoms with Gasteiger partial charge in [0.1, 0.15) is 0 Å². The predicted octanol–water partition coefficient (Wildman–Crippen LogP) is 4.64. The zero-order valence-electron chi connectivity index (χ0n) is 18.1. The summed E-state index contributed by atoms with van der Waals surface area (Å²) in [5.41, 5.74) is 1.17. The van der Waals surface area contributed by atoms with Crippen molar-refractivity contribution in [3.05, 3.63) is 102 Å². The highest BCUT2D eigenvalue weighted by atomic mass is 32.2. The molecule has 0 aromatic heterocycles. The summed E-state index contributed by atoms with van der Waals surface area (Å²) in [6, 6.07) is 23.1. The third-order valence-electron chi connectivity index (χ3n) is 5.67. The number of hydrogen-bond donors (Lipinski definition) is 0. The lowest BCUT2D eigenvalue weighted by molar-refractivity contribution is 0.0280. The molecular formula is C26H25NO5S. The molecule has 3 aromatic carbocycles. The van der Waals surface area contributed by atoms with Crippen molar-refractivity contribution >= 4 is 21.8 Å². The van der Waals surface area contributed by atoms with Crippen LogP contribution in [0.3, 0.4) is 0 Å². The molecule has 1 heterocycles. The molecule has 1 fully saturated rings. The molecule has 0 spiro atoms. The van der Waals surface area contributed by atoms with E-state index in [9.17, 15) is 18.0 Å². The summed E-state index contributed by atoms with van der Waals surface area (Å²) in [5.74, 6) is -1.03. The van der Waals surface area contributed by atoms with E-state index in [1.165, 1.54) is 28.6 Å². The van der Waals surface area contributed by atoms with E-state index in [0.29, 0.717) is 24.2 Å². The Kier molecular flexibility index (Phi) is 7.01. The van der Waals surface area contributed by atoms with Gasteiger partial charge < -0.3 is 4.74 Å².